The lowest BCUT2D eigenvalue weighted by Crippen LogP contribution is -2.40. The van der Waals surface area contributed by atoms with Crippen molar-refractivity contribution in [3.05, 3.63) is 77.7 Å². The van der Waals surface area contributed by atoms with E-state index in [1.165, 1.54) is 6.26 Å². The van der Waals surface area contributed by atoms with E-state index < -0.39 is 0 Å². The summed E-state index contributed by atoms with van der Waals surface area (Å²) in [6, 6.07) is 17.2. The molecule has 4 rings (SSSR count). The third-order valence-corrected chi connectivity index (χ3v) is 5.68. The van der Waals surface area contributed by atoms with Gasteiger partial charge in [0, 0.05) is 32.3 Å². The number of methoxy groups -OCH3 is 1. The summed E-state index contributed by atoms with van der Waals surface area (Å²) in [7, 11) is 1.70. The lowest BCUT2D eigenvalue weighted by Gasteiger charge is -2.30. The molecule has 0 unspecified atom stereocenters. The number of rotatable bonds is 7. The number of nitrogens with one attached hydrogen (secondary N) is 1. The highest BCUT2D eigenvalue weighted by Crippen LogP contribution is 2.21. The van der Waals surface area contributed by atoms with Crippen LogP contribution in [0.15, 0.2) is 65.3 Å². The van der Waals surface area contributed by atoms with Crippen molar-refractivity contribution in [1.82, 2.24) is 15.2 Å². The zero-order chi connectivity index (χ0) is 22.3. The van der Waals surface area contributed by atoms with Crippen LogP contribution in [0.25, 0.3) is 11.5 Å². The fourth-order valence-corrected chi connectivity index (χ4v) is 3.77. The largest absolute Gasteiger partial charge is 0.444 e. The molecule has 0 bridgehead atoms. The van der Waals surface area contributed by atoms with Crippen LogP contribution >= 0.6 is 0 Å². The molecule has 3 aromatic rings. The molecular formula is C25H27N3O4. The van der Waals surface area contributed by atoms with Gasteiger partial charge in [0.1, 0.15) is 6.26 Å². The van der Waals surface area contributed by atoms with Crippen molar-refractivity contribution in [2.24, 2.45) is 0 Å². The molecule has 166 valence electrons. The molecule has 1 saturated heterocycles. The Labute approximate surface area is 187 Å². The van der Waals surface area contributed by atoms with Crippen molar-refractivity contribution in [1.29, 1.82) is 0 Å². The fourth-order valence-electron chi connectivity index (χ4n) is 3.77. The molecule has 0 radical (unpaired) electrons. The van der Waals surface area contributed by atoms with Gasteiger partial charge in [0.15, 0.2) is 5.69 Å². The van der Waals surface area contributed by atoms with Crippen LogP contribution in [0.3, 0.4) is 0 Å². The minimum absolute atomic E-state index is 0.0225. The molecule has 7 heteroatoms. The van der Waals surface area contributed by atoms with E-state index in [0.717, 1.165) is 29.5 Å². The number of piperidine rings is 1. The van der Waals surface area contributed by atoms with E-state index in [4.69, 9.17) is 9.15 Å². The van der Waals surface area contributed by atoms with E-state index in [-0.39, 0.29) is 17.9 Å². The zero-order valence-electron chi connectivity index (χ0n) is 18.1. The smallest absolute Gasteiger partial charge is 0.275 e. The van der Waals surface area contributed by atoms with Crippen LogP contribution in [0, 0.1) is 0 Å². The topological polar surface area (TPSA) is 84.7 Å². The number of nitrogens with zero attached hydrogens (tertiary/aromatic N) is 2. The normalized spacial score (nSPS) is 14.3. The quantitative estimate of drug-likeness (QED) is 0.617. The average molecular weight is 434 g/mol. The monoisotopic (exact) mass is 433 g/mol. The van der Waals surface area contributed by atoms with Crippen LogP contribution in [-0.2, 0) is 22.5 Å². The maximum absolute atomic E-state index is 12.7. The SMILES string of the molecule is COC1CCN(C(=O)c2coc(-c3ccc(CNC(=O)Cc4ccccc4)cc3)n2)CC1. The van der Waals surface area contributed by atoms with Crippen LogP contribution < -0.4 is 5.32 Å². The molecule has 0 atom stereocenters. The molecule has 0 aliphatic carbocycles. The number of carbonyl (C=O) groups is 2. The Balaban J connectivity index is 1.31. The van der Waals surface area contributed by atoms with Crippen molar-refractivity contribution in [3.63, 3.8) is 0 Å². The predicted molar refractivity (Wildman–Crippen MR) is 120 cm³/mol. The summed E-state index contributed by atoms with van der Waals surface area (Å²) in [5.74, 6) is 0.262. The first-order valence-electron chi connectivity index (χ1n) is 10.8. The number of ether oxygens (including phenoxy) is 1. The van der Waals surface area contributed by atoms with Crippen LogP contribution in [0.2, 0.25) is 0 Å². The van der Waals surface area contributed by atoms with Gasteiger partial charge >= 0.3 is 0 Å². The minimum Gasteiger partial charge on any atom is -0.444 e. The Morgan fingerprint density at radius 1 is 1.06 bits per heavy atom. The lowest BCUT2D eigenvalue weighted by molar-refractivity contribution is -0.120. The Kier molecular flexibility index (Phi) is 6.97. The number of aromatic nitrogens is 1. The molecule has 1 aliphatic heterocycles. The third-order valence-electron chi connectivity index (χ3n) is 5.68. The molecule has 1 fully saturated rings. The fraction of sp³-hybridized carbons (Fsp3) is 0.320. The number of oxazole rings is 1. The maximum atomic E-state index is 12.7. The van der Waals surface area contributed by atoms with Gasteiger partial charge in [-0.25, -0.2) is 4.98 Å². The van der Waals surface area contributed by atoms with E-state index in [1.807, 2.05) is 54.6 Å². The summed E-state index contributed by atoms with van der Waals surface area (Å²) in [5.41, 5.74) is 3.05. The molecular weight excluding hydrogens is 406 g/mol. The second-order valence-electron chi connectivity index (χ2n) is 7.90. The molecule has 0 saturated carbocycles. The van der Waals surface area contributed by atoms with Gasteiger partial charge in [0.25, 0.3) is 5.91 Å². The van der Waals surface area contributed by atoms with Crippen LogP contribution in [0.5, 0.6) is 0 Å². The maximum Gasteiger partial charge on any atom is 0.275 e. The molecule has 7 nitrogen and oxygen atoms in total. The molecule has 0 spiro atoms. The Hall–Kier alpha value is -3.45. The van der Waals surface area contributed by atoms with Gasteiger partial charge in [-0.1, -0.05) is 42.5 Å². The summed E-state index contributed by atoms with van der Waals surface area (Å²) in [5, 5.41) is 2.93. The van der Waals surface area contributed by atoms with Crippen molar-refractivity contribution < 1.29 is 18.7 Å². The van der Waals surface area contributed by atoms with Gasteiger partial charge in [-0.3, -0.25) is 9.59 Å². The highest BCUT2D eigenvalue weighted by atomic mass is 16.5. The number of hydrogen-bond acceptors (Lipinski definition) is 5. The zero-order valence-corrected chi connectivity index (χ0v) is 18.1. The number of benzene rings is 2. The minimum atomic E-state index is -0.118. The molecule has 2 aromatic carbocycles. The third kappa shape index (κ3) is 5.42. The number of carbonyl (C=O) groups excluding carboxylic acids is 2. The second kappa shape index (κ2) is 10.2. The molecule has 1 N–H and O–H groups in total. The first-order valence-corrected chi connectivity index (χ1v) is 10.8. The summed E-state index contributed by atoms with van der Waals surface area (Å²) >= 11 is 0. The first-order chi connectivity index (χ1) is 15.6. The average Bonchev–Trinajstić information content (AvgIpc) is 3.34. The van der Waals surface area contributed by atoms with Gasteiger partial charge < -0.3 is 19.4 Å². The van der Waals surface area contributed by atoms with Crippen LogP contribution in [0.4, 0.5) is 0 Å². The number of likely N-dealkylation sites (tertiary alicyclic amines) is 1. The molecule has 1 aromatic heterocycles. The highest BCUT2D eigenvalue weighted by molar-refractivity contribution is 5.92. The van der Waals surface area contributed by atoms with Gasteiger partial charge in [-0.2, -0.15) is 0 Å². The Morgan fingerprint density at radius 2 is 1.78 bits per heavy atom. The van der Waals surface area contributed by atoms with Crippen molar-refractivity contribution in [2.45, 2.75) is 31.9 Å². The van der Waals surface area contributed by atoms with Crippen molar-refractivity contribution in [2.75, 3.05) is 20.2 Å². The van der Waals surface area contributed by atoms with Gasteiger partial charge in [-0.15, -0.1) is 0 Å². The van der Waals surface area contributed by atoms with Crippen molar-refractivity contribution in [3.8, 4) is 11.5 Å². The van der Waals surface area contributed by atoms with E-state index in [0.29, 0.717) is 37.6 Å². The molecule has 1 aliphatic rings. The Bertz CT molecular complexity index is 1040. The Morgan fingerprint density at radius 3 is 2.47 bits per heavy atom. The van der Waals surface area contributed by atoms with E-state index in [1.54, 1.807) is 12.0 Å². The van der Waals surface area contributed by atoms with E-state index in [2.05, 4.69) is 10.3 Å². The van der Waals surface area contributed by atoms with Gasteiger partial charge in [-0.05, 0) is 36.1 Å². The summed E-state index contributed by atoms with van der Waals surface area (Å²) in [4.78, 5) is 31.0. The van der Waals surface area contributed by atoms with Gasteiger partial charge in [0.2, 0.25) is 11.8 Å². The lowest BCUT2D eigenvalue weighted by atomic mass is 10.1. The molecule has 2 heterocycles. The first kappa shape index (κ1) is 21.8. The van der Waals surface area contributed by atoms with Crippen LogP contribution in [0.1, 0.15) is 34.5 Å². The van der Waals surface area contributed by atoms with E-state index >= 15 is 0 Å². The number of hydrogen-bond donors (Lipinski definition) is 1. The molecule has 2 amide bonds. The summed E-state index contributed by atoms with van der Waals surface area (Å²) in [6.07, 6.45) is 3.65. The molecule has 32 heavy (non-hydrogen) atoms. The van der Waals surface area contributed by atoms with Crippen molar-refractivity contribution >= 4 is 11.8 Å². The van der Waals surface area contributed by atoms with Gasteiger partial charge in [0.05, 0.1) is 12.5 Å². The van der Waals surface area contributed by atoms with E-state index in [9.17, 15) is 9.59 Å². The number of amides is 2. The highest BCUT2D eigenvalue weighted by Gasteiger charge is 2.25. The second-order valence-corrected chi connectivity index (χ2v) is 7.90. The summed E-state index contributed by atoms with van der Waals surface area (Å²) in [6.45, 7) is 1.76. The standard InChI is InChI=1S/C25H27N3O4/c1-31-21-11-13-28(14-12-21)25(30)22-17-32-24(27-22)20-9-7-19(8-10-20)16-26-23(29)15-18-5-3-2-4-6-18/h2-10,17,21H,11-16H2,1H3,(H,26,29). The predicted octanol–water partition coefficient (Wildman–Crippen LogP) is 3.45. The van der Waals surface area contributed by atoms with Crippen LogP contribution in [-0.4, -0.2) is 48.0 Å². The summed E-state index contributed by atoms with van der Waals surface area (Å²) < 4.78 is 10.9.